The van der Waals surface area contributed by atoms with Gasteiger partial charge in [0.25, 0.3) is 0 Å². The highest BCUT2D eigenvalue weighted by atomic mass is 15.2. The molecule has 0 aromatic carbocycles. The fraction of sp³-hybridized carbons (Fsp3) is 0.692. The average molecular weight is 236 g/mol. The third kappa shape index (κ3) is 4.69. The molecule has 4 nitrogen and oxygen atoms in total. The van der Waals surface area contributed by atoms with E-state index in [0.29, 0.717) is 6.04 Å². The van der Waals surface area contributed by atoms with E-state index in [2.05, 4.69) is 29.1 Å². The maximum atomic E-state index is 4.55. The summed E-state index contributed by atoms with van der Waals surface area (Å²) >= 11 is 0. The zero-order chi connectivity index (χ0) is 12.7. The second-order valence-electron chi connectivity index (χ2n) is 4.49. The number of anilines is 1. The van der Waals surface area contributed by atoms with Gasteiger partial charge in [-0.2, -0.15) is 0 Å². The fourth-order valence-electron chi connectivity index (χ4n) is 1.88. The largest absolute Gasteiger partial charge is 0.347 e. The van der Waals surface area contributed by atoms with Crippen LogP contribution in [0, 0.1) is 0 Å². The van der Waals surface area contributed by atoms with Gasteiger partial charge in [-0.25, -0.2) is 9.97 Å². The van der Waals surface area contributed by atoms with E-state index in [-0.39, 0.29) is 0 Å². The summed E-state index contributed by atoms with van der Waals surface area (Å²) in [5.41, 5.74) is 1.11. The molecule has 0 aliphatic rings. The molecule has 1 N–H and O–H groups in total. The van der Waals surface area contributed by atoms with Crippen molar-refractivity contribution in [3.05, 3.63) is 18.0 Å². The minimum atomic E-state index is 0.523. The molecule has 1 heterocycles. The van der Waals surface area contributed by atoms with Gasteiger partial charge < -0.3 is 10.2 Å². The summed E-state index contributed by atoms with van der Waals surface area (Å²) in [4.78, 5) is 10.7. The molecular formula is C13H24N4. The minimum Gasteiger partial charge on any atom is -0.347 e. The van der Waals surface area contributed by atoms with Crippen molar-refractivity contribution in [1.29, 1.82) is 0 Å². The molecule has 0 radical (unpaired) electrons. The Balaban J connectivity index is 2.67. The predicted molar refractivity (Wildman–Crippen MR) is 72.4 cm³/mol. The van der Waals surface area contributed by atoms with Gasteiger partial charge in [0.2, 0.25) is 5.95 Å². The van der Waals surface area contributed by atoms with Gasteiger partial charge in [-0.3, -0.25) is 0 Å². The van der Waals surface area contributed by atoms with Crippen molar-refractivity contribution in [2.75, 3.05) is 25.5 Å². The molecular weight excluding hydrogens is 212 g/mol. The number of aromatic nitrogens is 2. The quantitative estimate of drug-likeness (QED) is 0.784. The third-order valence-electron chi connectivity index (χ3n) is 2.69. The van der Waals surface area contributed by atoms with Crippen molar-refractivity contribution in [2.45, 2.75) is 39.2 Å². The van der Waals surface area contributed by atoms with Crippen molar-refractivity contribution in [1.82, 2.24) is 15.3 Å². The van der Waals surface area contributed by atoms with Crippen molar-refractivity contribution >= 4 is 5.95 Å². The molecule has 0 saturated carbocycles. The smallest absolute Gasteiger partial charge is 0.224 e. The van der Waals surface area contributed by atoms with Gasteiger partial charge in [0.05, 0.1) is 0 Å². The summed E-state index contributed by atoms with van der Waals surface area (Å²) in [7, 11) is 3.93. The highest BCUT2D eigenvalue weighted by molar-refractivity contribution is 5.27. The van der Waals surface area contributed by atoms with Crippen LogP contribution in [0.4, 0.5) is 5.95 Å². The lowest BCUT2D eigenvalue weighted by Gasteiger charge is -2.17. The summed E-state index contributed by atoms with van der Waals surface area (Å²) in [5.74, 6) is 0.786. The van der Waals surface area contributed by atoms with Gasteiger partial charge in [0.15, 0.2) is 0 Å². The number of likely N-dealkylation sites (N-methyl/N-ethyl adjacent to an activating group) is 1. The van der Waals surface area contributed by atoms with Crippen LogP contribution in [0.15, 0.2) is 12.3 Å². The molecule has 0 saturated heterocycles. The van der Waals surface area contributed by atoms with Crippen LogP contribution in [0.1, 0.15) is 32.4 Å². The van der Waals surface area contributed by atoms with Crippen LogP contribution in [-0.2, 0) is 6.42 Å². The molecule has 0 spiro atoms. The number of hydrogen-bond donors (Lipinski definition) is 1. The molecule has 96 valence electrons. The van der Waals surface area contributed by atoms with Gasteiger partial charge in [0.1, 0.15) is 0 Å². The number of nitrogens with one attached hydrogen (secondary N) is 1. The van der Waals surface area contributed by atoms with E-state index < -0.39 is 0 Å². The third-order valence-corrected chi connectivity index (χ3v) is 2.69. The first kappa shape index (κ1) is 13.9. The molecule has 1 aromatic heterocycles. The number of rotatable bonds is 7. The van der Waals surface area contributed by atoms with Crippen molar-refractivity contribution in [3.8, 4) is 0 Å². The molecule has 0 aliphatic carbocycles. The van der Waals surface area contributed by atoms with E-state index >= 15 is 0 Å². The second kappa shape index (κ2) is 7.22. The SMILES string of the molecule is CCCC(Cc1ccnc(N(C)C)n1)NCC. The molecule has 17 heavy (non-hydrogen) atoms. The van der Waals surface area contributed by atoms with E-state index in [1.165, 1.54) is 12.8 Å². The Morgan fingerprint density at radius 1 is 1.35 bits per heavy atom. The van der Waals surface area contributed by atoms with E-state index in [1.807, 2.05) is 31.3 Å². The number of hydrogen-bond acceptors (Lipinski definition) is 4. The topological polar surface area (TPSA) is 41.1 Å². The van der Waals surface area contributed by atoms with Crippen LogP contribution in [0.5, 0.6) is 0 Å². The second-order valence-corrected chi connectivity index (χ2v) is 4.49. The molecule has 0 fully saturated rings. The van der Waals surface area contributed by atoms with Crippen LogP contribution >= 0.6 is 0 Å². The highest BCUT2D eigenvalue weighted by Gasteiger charge is 2.09. The normalized spacial score (nSPS) is 12.5. The van der Waals surface area contributed by atoms with Gasteiger partial charge in [-0.05, 0) is 19.0 Å². The first-order valence-electron chi connectivity index (χ1n) is 6.40. The van der Waals surface area contributed by atoms with E-state index in [0.717, 1.165) is 24.6 Å². The van der Waals surface area contributed by atoms with Crippen LogP contribution in [0.3, 0.4) is 0 Å². The highest BCUT2D eigenvalue weighted by Crippen LogP contribution is 2.08. The zero-order valence-corrected chi connectivity index (χ0v) is 11.4. The van der Waals surface area contributed by atoms with Gasteiger partial charge in [-0.15, -0.1) is 0 Å². The Kier molecular flexibility index (Phi) is 5.91. The van der Waals surface area contributed by atoms with Crippen LogP contribution in [-0.4, -0.2) is 36.6 Å². The maximum absolute atomic E-state index is 4.55. The summed E-state index contributed by atoms with van der Waals surface area (Å²) in [6.45, 7) is 5.37. The fourth-order valence-corrected chi connectivity index (χ4v) is 1.88. The van der Waals surface area contributed by atoms with Crippen LogP contribution in [0.2, 0.25) is 0 Å². The average Bonchev–Trinajstić information content (AvgIpc) is 2.30. The minimum absolute atomic E-state index is 0.523. The molecule has 1 aromatic rings. The molecule has 1 rings (SSSR count). The van der Waals surface area contributed by atoms with Crippen LogP contribution < -0.4 is 10.2 Å². The molecule has 0 aliphatic heterocycles. The van der Waals surface area contributed by atoms with E-state index in [9.17, 15) is 0 Å². The molecule has 1 unspecified atom stereocenters. The maximum Gasteiger partial charge on any atom is 0.224 e. The molecule has 0 amide bonds. The first-order chi connectivity index (χ1) is 8.17. The lowest BCUT2D eigenvalue weighted by molar-refractivity contribution is 0.481. The molecule has 1 atom stereocenters. The standard InChI is InChI=1S/C13H24N4/c1-5-7-11(14-6-2)10-12-8-9-15-13(16-12)17(3)4/h8-9,11,14H,5-7,10H2,1-4H3. The van der Waals surface area contributed by atoms with Crippen molar-refractivity contribution < 1.29 is 0 Å². The Morgan fingerprint density at radius 3 is 2.71 bits per heavy atom. The Morgan fingerprint density at radius 2 is 2.12 bits per heavy atom. The summed E-state index contributed by atoms with van der Waals surface area (Å²) in [6.07, 6.45) is 5.20. The first-order valence-corrected chi connectivity index (χ1v) is 6.40. The van der Waals surface area contributed by atoms with Gasteiger partial charge in [0, 0.05) is 38.4 Å². The number of nitrogens with zero attached hydrogens (tertiary/aromatic N) is 3. The van der Waals surface area contributed by atoms with Crippen molar-refractivity contribution in [2.24, 2.45) is 0 Å². The van der Waals surface area contributed by atoms with Gasteiger partial charge >= 0.3 is 0 Å². The van der Waals surface area contributed by atoms with Gasteiger partial charge in [-0.1, -0.05) is 20.3 Å². The Hall–Kier alpha value is -1.16. The summed E-state index contributed by atoms with van der Waals surface area (Å²) in [5, 5.41) is 3.51. The van der Waals surface area contributed by atoms with E-state index in [1.54, 1.807) is 0 Å². The summed E-state index contributed by atoms with van der Waals surface area (Å²) < 4.78 is 0. The van der Waals surface area contributed by atoms with Crippen molar-refractivity contribution in [3.63, 3.8) is 0 Å². The summed E-state index contributed by atoms with van der Waals surface area (Å²) in [6, 6.07) is 2.53. The predicted octanol–water partition coefficient (Wildman–Crippen LogP) is 1.86. The lowest BCUT2D eigenvalue weighted by atomic mass is 10.1. The Bertz CT molecular complexity index is 319. The van der Waals surface area contributed by atoms with E-state index in [4.69, 9.17) is 0 Å². The molecule has 4 heteroatoms. The monoisotopic (exact) mass is 236 g/mol. The molecule has 0 bridgehead atoms. The zero-order valence-electron chi connectivity index (χ0n) is 11.4. The Labute approximate surface area is 104 Å². The lowest BCUT2D eigenvalue weighted by Crippen LogP contribution is -2.31. The van der Waals surface area contributed by atoms with Crippen LogP contribution in [0.25, 0.3) is 0 Å².